The number of hydrogen-bond donors (Lipinski definition) is 2. The number of aromatic nitrogens is 1. The van der Waals surface area contributed by atoms with Gasteiger partial charge in [-0.2, -0.15) is 0 Å². The van der Waals surface area contributed by atoms with Gasteiger partial charge in [0.25, 0.3) is 5.69 Å². The third-order valence-electron chi connectivity index (χ3n) is 6.46. The number of furan rings is 1. The van der Waals surface area contributed by atoms with Crippen molar-refractivity contribution < 1.29 is 14.1 Å². The SMILES string of the molecule is Cc1ccccc1NC(=O)CCN1C(=S)NC(c2ccccn2)C1c1ccc(-c2cccc([N+](=O)[O-])c2)o1. The minimum Gasteiger partial charge on any atom is -0.459 e. The Labute approximate surface area is 224 Å². The van der Waals surface area contributed by atoms with Crippen LogP contribution in [0, 0.1) is 17.0 Å². The Bertz CT molecular complexity index is 1490. The lowest BCUT2D eigenvalue weighted by Gasteiger charge is -2.26. The zero-order chi connectivity index (χ0) is 26.6. The van der Waals surface area contributed by atoms with E-state index in [1.54, 1.807) is 24.4 Å². The maximum atomic E-state index is 12.8. The minimum atomic E-state index is -0.437. The predicted octanol–water partition coefficient (Wildman–Crippen LogP) is 5.56. The van der Waals surface area contributed by atoms with Gasteiger partial charge in [-0.3, -0.25) is 19.9 Å². The van der Waals surface area contributed by atoms with Crippen molar-refractivity contribution in [3.8, 4) is 11.3 Å². The van der Waals surface area contributed by atoms with Crippen LogP contribution in [0.1, 0.15) is 35.5 Å². The van der Waals surface area contributed by atoms with Gasteiger partial charge in [0.15, 0.2) is 5.11 Å². The summed E-state index contributed by atoms with van der Waals surface area (Å²) in [4.78, 5) is 30.1. The van der Waals surface area contributed by atoms with Crippen molar-refractivity contribution in [3.63, 3.8) is 0 Å². The van der Waals surface area contributed by atoms with E-state index in [0.29, 0.717) is 28.7 Å². The number of aryl methyl sites for hydroxylation is 1. The number of thiocarbonyl (C=S) groups is 1. The average molecular weight is 528 g/mol. The molecule has 2 N–H and O–H groups in total. The standard InChI is InChI=1S/C28H25N5O4S/c1-18-7-2-3-10-21(18)30-25(34)14-16-32-27(26(31-28(32)38)22-11-4-5-15-29-22)24-13-12-23(37-24)19-8-6-9-20(17-19)33(35)36/h2-13,15,17,26-27H,14,16H2,1H3,(H,30,34)(H,31,38). The maximum absolute atomic E-state index is 12.8. The van der Waals surface area contributed by atoms with Crippen molar-refractivity contribution in [1.29, 1.82) is 0 Å². The molecule has 38 heavy (non-hydrogen) atoms. The summed E-state index contributed by atoms with van der Waals surface area (Å²) in [7, 11) is 0. The molecule has 1 aliphatic heterocycles. The van der Waals surface area contributed by atoms with Crippen LogP contribution in [0.4, 0.5) is 11.4 Å². The Morgan fingerprint density at radius 3 is 2.71 bits per heavy atom. The second-order valence-electron chi connectivity index (χ2n) is 8.94. The highest BCUT2D eigenvalue weighted by atomic mass is 32.1. The lowest BCUT2D eigenvalue weighted by Crippen LogP contribution is -2.32. The molecule has 1 aliphatic rings. The van der Waals surface area contributed by atoms with E-state index in [9.17, 15) is 14.9 Å². The van der Waals surface area contributed by atoms with E-state index in [2.05, 4.69) is 15.6 Å². The number of nitro benzene ring substituents is 1. The third-order valence-corrected chi connectivity index (χ3v) is 6.81. The van der Waals surface area contributed by atoms with Crippen LogP contribution in [0.25, 0.3) is 11.3 Å². The van der Waals surface area contributed by atoms with Gasteiger partial charge in [-0.15, -0.1) is 0 Å². The Hall–Kier alpha value is -4.57. The van der Waals surface area contributed by atoms with E-state index in [0.717, 1.165) is 16.9 Å². The summed E-state index contributed by atoms with van der Waals surface area (Å²) < 4.78 is 6.24. The van der Waals surface area contributed by atoms with Crippen LogP contribution in [-0.2, 0) is 4.79 Å². The molecule has 4 aromatic rings. The second kappa shape index (κ2) is 10.8. The largest absolute Gasteiger partial charge is 0.459 e. The third kappa shape index (κ3) is 5.25. The first-order chi connectivity index (χ1) is 18.4. The van der Waals surface area contributed by atoms with E-state index >= 15 is 0 Å². The van der Waals surface area contributed by atoms with Gasteiger partial charge < -0.3 is 20.0 Å². The molecule has 0 spiro atoms. The molecule has 1 fully saturated rings. The first-order valence-electron chi connectivity index (χ1n) is 12.1. The number of anilines is 1. The van der Waals surface area contributed by atoms with Crippen molar-refractivity contribution in [2.24, 2.45) is 0 Å². The van der Waals surface area contributed by atoms with Gasteiger partial charge in [-0.1, -0.05) is 36.4 Å². The lowest BCUT2D eigenvalue weighted by molar-refractivity contribution is -0.384. The van der Waals surface area contributed by atoms with Crippen molar-refractivity contribution in [2.75, 3.05) is 11.9 Å². The quantitative estimate of drug-likeness (QED) is 0.174. The summed E-state index contributed by atoms with van der Waals surface area (Å²) in [6.45, 7) is 2.29. The fourth-order valence-electron chi connectivity index (χ4n) is 4.54. The molecule has 2 aromatic carbocycles. The second-order valence-corrected chi connectivity index (χ2v) is 9.33. The van der Waals surface area contributed by atoms with Crippen LogP contribution >= 0.6 is 12.2 Å². The normalized spacial score (nSPS) is 16.8. The summed E-state index contributed by atoms with van der Waals surface area (Å²) in [6.07, 6.45) is 1.92. The van der Waals surface area contributed by atoms with Crippen molar-refractivity contribution in [2.45, 2.75) is 25.4 Å². The smallest absolute Gasteiger partial charge is 0.270 e. The summed E-state index contributed by atoms with van der Waals surface area (Å²) in [5, 5.41) is 18.0. The molecule has 192 valence electrons. The van der Waals surface area contributed by atoms with Crippen LogP contribution in [0.3, 0.4) is 0 Å². The van der Waals surface area contributed by atoms with E-state index in [1.165, 1.54) is 12.1 Å². The number of amides is 1. The van der Waals surface area contributed by atoms with Gasteiger partial charge in [0.05, 0.1) is 16.7 Å². The molecule has 10 heteroatoms. The van der Waals surface area contributed by atoms with Crippen molar-refractivity contribution in [1.82, 2.24) is 15.2 Å². The van der Waals surface area contributed by atoms with Crippen LogP contribution in [0.2, 0.25) is 0 Å². The van der Waals surface area contributed by atoms with Gasteiger partial charge in [-0.05, 0) is 55.0 Å². The number of pyridine rings is 1. The zero-order valence-electron chi connectivity index (χ0n) is 20.5. The highest BCUT2D eigenvalue weighted by Crippen LogP contribution is 2.40. The number of hydrogen-bond acceptors (Lipinski definition) is 6. The molecular weight excluding hydrogens is 502 g/mol. The minimum absolute atomic E-state index is 0.0168. The maximum Gasteiger partial charge on any atom is 0.270 e. The summed E-state index contributed by atoms with van der Waals surface area (Å²) in [6, 6.07) is 22.5. The van der Waals surface area contributed by atoms with Crippen molar-refractivity contribution >= 4 is 34.6 Å². The van der Waals surface area contributed by atoms with Gasteiger partial charge in [-0.25, -0.2) is 0 Å². The van der Waals surface area contributed by atoms with Gasteiger partial charge in [0.2, 0.25) is 5.91 Å². The molecule has 9 nitrogen and oxygen atoms in total. The number of nitrogens with zero attached hydrogens (tertiary/aromatic N) is 3. The van der Waals surface area contributed by atoms with E-state index in [-0.39, 0.29) is 30.1 Å². The van der Waals surface area contributed by atoms with Gasteiger partial charge >= 0.3 is 0 Å². The summed E-state index contributed by atoms with van der Waals surface area (Å²) in [5.74, 6) is 0.978. The fraction of sp³-hybridized carbons (Fsp3) is 0.179. The predicted molar refractivity (Wildman–Crippen MR) is 147 cm³/mol. The fourth-order valence-corrected chi connectivity index (χ4v) is 4.87. The van der Waals surface area contributed by atoms with Crippen LogP contribution in [0.15, 0.2) is 89.5 Å². The Balaban J connectivity index is 1.41. The number of nitrogens with one attached hydrogen (secondary N) is 2. The van der Waals surface area contributed by atoms with Gasteiger partial charge in [0, 0.05) is 42.5 Å². The molecule has 0 aliphatic carbocycles. The molecule has 1 amide bonds. The van der Waals surface area contributed by atoms with Crippen LogP contribution in [-0.4, -0.2) is 32.4 Å². The molecule has 0 bridgehead atoms. The number of non-ortho nitro benzene ring substituents is 1. The molecule has 5 rings (SSSR count). The van der Waals surface area contributed by atoms with E-state index in [1.807, 2.05) is 60.4 Å². The number of benzene rings is 2. The zero-order valence-corrected chi connectivity index (χ0v) is 21.4. The Morgan fingerprint density at radius 1 is 1.13 bits per heavy atom. The number of carbonyl (C=O) groups is 1. The number of para-hydroxylation sites is 1. The highest BCUT2D eigenvalue weighted by Gasteiger charge is 2.41. The average Bonchev–Trinajstić information content (AvgIpc) is 3.54. The molecule has 2 atom stereocenters. The van der Waals surface area contributed by atoms with Crippen molar-refractivity contribution in [3.05, 3.63) is 112 Å². The van der Waals surface area contributed by atoms with Gasteiger partial charge in [0.1, 0.15) is 17.6 Å². The number of nitro groups is 1. The molecule has 2 aromatic heterocycles. The highest BCUT2D eigenvalue weighted by molar-refractivity contribution is 7.80. The van der Waals surface area contributed by atoms with E-state index in [4.69, 9.17) is 16.6 Å². The molecule has 1 saturated heterocycles. The Morgan fingerprint density at radius 2 is 1.95 bits per heavy atom. The van der Waals surface area contributed by atoms with E-state index < -0.39 is 4.92 Å². The van der Waals surface area contributed by atoms with Crippen LogP contribution in [0.5, 0.6) is 0 Å². The molecule has 0 radical (unpaired) electrons. The lowest BCUT2D eigenvalue weighted by atomic mass is 10.0. The first kappa shape index (κ1) is 25.1. The number of carbonyl (C=O) groups excluding carboxylic acids is 1. The monoisotopic (exact) mass is 527 g/mol. The molecule has 2 unspecified atom stereocenters. The summed E-state index contributed by atoms with van der Waals surface area (Å²) in [5.41, 5.74) is 3.11. The molecule has 3 heterocycles. The summed E-state index contributed by atoms with van der Waals surface area (Å²) >= 11 is 5.68. The molecule has 0 saturated carbocycles. The van der Waals surface area contributed by atoms with Crippen LogP contribution < -0.4 is 10.6 Å². The molecular formula is C28H25N5O4S. The Kier molecular flexibility index (Phi) is 7.14. The topological polar surface area (TPSA) is 114 Å². The first-order valence-corrected chi connectivity index (χ1v) is 12.5. The number of rotatable bonds is 8.